The van der Waals surface area contributed by atoms with Crippen LogP contribution in [-0.2, 0) is 6.54 Å². The Morgan fingerprint density at radius 1 is 1.03 bits per heavy atom. The van der Waals surface area contributed by atoms with Gasteiger partial charge in [-0.15, -0.1) is 0 Å². The van der Waals surface area contributed by atoms with Crippen LogP contribution in [0.4, 0.5) is 22.0 Å². The summed E-state index contributed by atoms with van der Waals surface area (Å²) in [7, 11) is 0. The molecule has 1 aliphatic carbocycles. The quantitative estimate of drug-likeness (QED) is 0.307. The van der Waals surface area contributed by atoms with Crippen molar-refractivity contribution in [3.63, 3.8) is 0 Å². The monoisotopic (exact) mass is 479 g/mol. The van der Waals surface area contributed by atoms with Crippen molar-refractivity contribution >= 4 is 11.0 Å². The molecule has 34 heavy (non-hydrogen) atoms. The van der Waals surface area contributed by atoms with Crippen LogP contribution in [0.1, 0.15) is 43.7 Å². The van der Waals surface area contributed by atoms with Gasteiger partial charge in [0.05, 0.1) is 29.5 Å². The van der Waals surface area contributed by atoms with Crippen molar-refractivity contribution in [2.45, 2.75) is 64.2 Å². The number of alkyl halides is 5. The minimum Gasteiger partial charge on any atom is -0.361 e. The molecule has 0 radical (unpaired) electrons. The average Bonchev–Trinajstić information content (AvgIpc) is 3.48. The van der Waals surface area contributed by atoms with Gasteiger partial charge in [0.15, 0.2) is 0 Å². The Kier molecular flexibility index (Phi) is 5.25. The van der Waals surface area contributed by atoms with Crippen molar-refractivity contribution in [2.75, 3.05) is 0 Å². The zero-order chi connectivity index (χ0) is 24.3. The van der Waals surface area contributed by atoms with E-state index >= 15 is 4.39 Å². The van der Waals surface area contributed by atoms with Crippen LogP contribution >= 0.6 is 0 Å². The molecule has 0 aliphatic heterocycles. The number of aromatic nitrogens is 5. The Labute approximate surface area is 191 Å². The molecule has 0 N–H and O–H groups in total. The Morgan fingerprint density at radius 2 is 1.76 bits per heavy atom. The molecule has 0 saturated heterocycles. The van der Waals surface area contributed by atoms with Gasteiger partial charge in [0, 0.05) is 53.7 Å². The molecule has 0 atom stereocenters. The third-order valence-electron chi connectivity index (χ3n) is 6.48. The number of rotatable bonds is 5. The van der Waals surface area contributed by atoms with Crippen molar-refractivity contribution in [3.05, 3.63) is 42.3 Å². The summed E-state index contributed by atoms with van der Waals surface area (Å²) >= 11 is 0. The molecule has 0 spiro atoms. The van der Waals surface area contributed by atoms with E-state index in [-0.39, 0.29) is 19.4 Å². The summed E-state index contributed by atoms with van der Waals surface area (Å²) in [6.07, 6.45) is 4.16. The van der Waals surface area contributed by atoms with Crippen LogP contribution in [0.15, 0.2) is 35.4 Å². The number of nitrogens with zero attached hydrogens (tertiary/aromatic N) is 5. The molecule has 180 valence electrons. The van der Waals surface area contributed by atoms with Gasteiger partial charge in [0.2, 0.25) is 5.92 Å². The first-order valence-electron chi connectivity index (χ1n) is 10.9. The second kappa shape index (κ2) is 7.92. The Hall–Kier alpha value is -3.24. The first-order valence-corrected chi connectivity index (χ1v) is 10.9. The number of hydrogen-bond donors (Lipinski definition) is 0. The van der Waals surface area contributed by atoms with E-state index in [0.29, 0.717) is 43.9 Å². The van der Waals surface area contributed by atoms with E-state index in [1.807, 2.05) is 0 Å². The highest BCUT2D eigenvalue weighted by molar-refractivity contribution is 5.94. The maximum Gasteiger partial charge on any atom is 0.333 e. The summed E-state index contributed by atoms with van der Waals surface area (Å²) in [5.74, 6) is -2.27. The molecule has 0 aromatic carbocycles. The molecular weight excluding hydrogens is 457 g/mol. The van der Waals surface area contributed by atoms with E-state index in [1.54, 1.807) is 36.9 Å². The summed E-state index contributed by atoms with van der Waals surface area (Å²) in [4.78, 5) is 4.55. The Balaban J connectivity index is 1.62. The van der Waals surface area contributed by atoms with Gasteiger partial charge >= 0.3 is 6.55 Å². The topological polar surface area (TPSA) is 61.7 Å². The number of halogens is 5. The summed E-state index contributed by atoms with van der Waals surface area (Å²) in [5, 5.41) is 7.65. The molecule has 4 aromatic rings. The predicted octanol–water partition coefficient (Wildman–Crippen LogP) is 6.48. The van der Waals surface area contributed by atoms with Crippen molar-refractivity contribution in [1.29, 1.82) is 0 Å². The zero-order valence-electron chi connectivity index (χ0n) is 18.5. The van der Waals surface area contributed by atoms with Gasteiger partial charge in [-0.25, -0.2) is 17.9 Å². The van der Waals surface area contributed by atoms with Crippen LogP contribution in [0, 0.1) is 13.8 Å². The van der Waals surface area contributed by atoms with E-state index in [9.17, 15) is 17.6 Å². The summed E-state index contributed by atoms with van der Waals surface area (Å²) in [5.41, 5.74) is 2.19. The van der Waals surface area contributed by atoms with Crippen molar-refractivity contribution in [2.24, 2.45) is 0 Å². The molecule has 0 amide bonds. The van der Waals surface area contributed by atoms with Crippen LogP contribution in [0.2, 0.25) is 0 Å². The first kappa shape index (κ1) is 22.5. The fraction of sp³-hybridized carbons (Fsp3) is 0.435. The van der Waals surface area contributed by atoms with Gasteiger partial charge in [-0.05, 0) is 32.8 Å². The highest BCUT2D eigenvalue weighted by atomic mass is 19.3. The fourth-order valence-electron chi connectivity index (χ4n) is 4.65. The van der Waals surface area contributed by atoms with Crippen LogP contribution in [0.5, 0.6) is 0 Å². The lowest BCUT2D eigenvalue weighted by molar-refractivity contribution is -0.0791. The third-order valence-corrected chi connectivity index (χ3v) is 6.48. The molecule has 6 nitrogen and oxygen atoms in total. The van der Waals surface area contributed by atoms with Crippen LogP contribution in [-0.4, -0.2) is 36.1 Å². The van der Waals surface area contributed by atoms with Crippen molar-refractivity contribution < 1.29 is 26.5 Å². The number of pyridine rings is 1. The molecule has 4 heterocycles. The molecular formula is C23H22F5N5O. The van der Waals surface area contributed by atoms with E-state index in [2.05, 4.69) is 15.2 Å². The van der Waals surface area contributed by atoms with Gasteiger partial charge in [-0.2, -0.15) is 13.9 Å². The van der Waals surface area contributed by atoms with E-state index in [1.165, 1.54) is 12.4 Å². The Bertz CT molecular complexity index is 1330. The lowest BCUT2D eigenvalue weighted by Crippen LogP contribution is -2.38. The summed E-state index contributed by atoms with van der Waals surface area (Å²) in [6.45, 7) is 0.591. The lowest BCUT2D eigenvalue weighted by atomic mass is 9.84. The van der Waals surface area contributed by atoms with E-state index < -0.39 is 31.0 Å². The van der Waals surface area contributed by atoms with Crippen molar-refractivity contribution in [1.82, 2.24) is 24.5 Å². The van der Waals surface area contributed by atoms with Gasteiger partial charge in [0.1, 0.15) is 11.4 Å². The van der Waals surface area contributed by atoms with Gasteiger partial charge in [0.25, 0.3) is 0 Å². The second-order valence-electron chi connectivity index (χ2n) is 8.96. The smallest absolute Gasteiger partial charge is 0.333 e. The number of hydrogen-bond acceptors (Lipinski definition) is 4. The van der Waals surface area contributed by atoms with Gasteiger partial charge in [-0.1, -0.05) is 5.16 Å². The summed E-state index contributed by atoms with van der Waals surface area (Å²) < 4.78 is 76.5. The number of aryl methyl sites for hydroxylation is 2. The molecule has 0 unspecified atom stereocenters. The third kappa shape index (κ3) is 3.97. The van der Waals surface area contributed by atoms with E-state index in [4.69, 9.17) is 4.52 Å². The second-order valence-corrected chi connectivity index (χ2v) is 8.96. The van der Waals surface area contributed by atoms with Crippen molar-refractivity contribution in [3.8, 4) is 22.3 Å². The molecule has 0 bridgehead atoms. The zero-order valence-corrected chi connectivity index (χ0v) is 18.5. The lowest BCUT2D eigenvalue weighted by Gasteiger charge is -2.34. The summed E-state index contributed by atoms with van der Waals surface area (Å²) in [6, 6.07) is 1.80. The normalized spacial score (nSPS) is 17.6. The minimum absolute atomic E-state index is 0.157. The largest absolute Gasteiger partial charge is 0.361 e. The fourth-order valence-corrected chi connectivity index (χ4v) is 4.65. The predicted molar refractivity (Wildman–Crippen MR) is 114 cm³/mol. The molecule has 1 saturated carbocycles. The average molecular weight is 479 g/mol. The standard InChI is InChI=1S/C23H22F5N5O/c1-13-19(14(2)34-31-13)15-7-18-20(29-8-15)17(16-9-30-33(10-16)21(24)25)11-32(18)12-22(26)3-5-23(27,28)6-4-22/h7-11,21H,3-6,12H2,1-2H3. The van der Waals surface area contributed by atoms with Crippen LogP contribution in [0.3, 0.4) is 0 Å². The SMILES string of the molecule is Cc1noc(C)c1-c1cnc2c(-c3cnn(C(F)F)c3)cn(CC3(F)CCC(F)(F)CC3)c2c1. The Morgan fingerprint density at radius 3 is 2.38 bits per heavy atom. The maximum atomic E-state index is 15.6. The first-order chi connectivity index (χ1) is 16.1. The molecule has 4 aromatic heterocycles. The minimum atomic E-state index is -2.86. The van der Waals surface area contributed by atoms with E-state index in [0.717, 1.165) is 5.56 Å². The highest BCUT2D eigenvalue weighted by Crippen LogP contribution is 2.43. The maximum absolute atomic E-state index is 15.6. The molecule has 5 rings (SSSR count). The van der Waals surface area contributed by atoms with Crippen LogP contribution < -0.4 is 0 Å². The molecule has 11 heteroatoms. The molecule has 1 fully saturated rings. The van der Waals surface area contributed by atoms with Crippen LogP contribution in [0.25, 0.3) is 33.3 Å². The highest BCUT2D eigenvalue weighted by Gasteiger charge is 2.44. The van der Waals surface area contributed by atoms with Gasteiger partial charge < -0.3 is 9.09 Å². The van der Waals surface area contributed by atoms with Gasteiger partial charge in [-0.3, -0.25) is 4.98 Å². The molecule has 1 aliphatic rings. The number of fused-ring (bicyclic) bond motifs is 1.